The molecule has 1 aliphatic heterocycles. The van der Waals surface area contributed by atoms with Crippen molar-refractivity contribution >= 4 is 38.3 Å². The molecule has 1 unspecified atom stereocenters. The highest BCUT2D eigenvalue weighted by atomic mass is 15.0. The van der Waals surface area contributed by atoms with Gasteiger partial charge in [-0.25, -0.2) is 0 Å². The fourth-order valence-electron chi connectivity index (χ4n) is 7.00. The second-order valence-corrected chi connectivity index (χ2v) is 12.1. The van der Waals surface area contributed by atoms with Gasteiger partial charge in [-0.2, -0.15) is 0 Å². The molecule has 3 nitrogen and oxygen atoms in total. The predicted molar refractivity (Wildman–Crippen MR) is 196 cm³/mol. The molecule has 2 aromatic heterocycles. The lowest BCUT2D eigenvalue weighted by molar-refractivity contribution is 0.759. The van der Waals surface area contributed by atoms with Crippen LogP contribution in [0.25, 0.3) is 66.2 Å². The van der Waals surface area contributed by atoms with Crippen molar-refractivity contribution in [3.63, 3.8) is 0 Å². The van der Waals surface area contributed by atoms with Crippen LogP contribution in [0.4, 0.5) is 0 Å². The van der Waals surface area contributed by atoms with E-state index >= 15 is 0 Å². The van der Waals surface area contributed by atoms with Crippen molar-refractivity contribution in [1.82, 2.24) is 14.9 Å². The maximum atomic E-state index is 4.32. The zero-order chi connectivity index (χ0) is 31.2. The molecule has 0 radical (unpaired) electrons. The molecule has 9 rings (SSSR count). The van der Waals surface area contributed by atoms with E-state index in [0.29, 0.717) is 0 Å². The van der Waals surface area contributed by atoms with Crippen molar-refractivity contribution in [2.75, 3.05) is 0 Å². The maximum Gasteiger partial charge on any atom is 0.0716 e. The number of dihydropyridines is 1. The largest absolute Gasteiger partial charge is 0.374 e. The topological polar surface area (TPSA) is 29.9 Å². The van der Waals surface area contributed by atoms with E-state index in [0.717, 1.165) is 22.5 Å². The summed E-state index contributed by atoms with van der Waals surface area (Å²) in [6, 6.07) is 52.7. The zero-order valence-corrected chi connectivity index (χ0v) is 25.7. The Kier molecular flexibility index (Phi) is 6.53. The van der Waals surface area contributed by atoms with Gasteiger partial charge in [0.15, 0.2) is 0 Å². The number of benzene rings is 6. The van der Waals surface area contributed by atoms with E-state index in [1.165, 1.54) is 54.8 Å². The van der Waals surface area contributed by atoms with Crippen molar-refractivity contribution in [1.29, 1.82) is 0 Å². The first-order valence-corrected chi connectivity index (χ1v) is 16.1. The lowest BCUT2D eigenvalue weighted by Gasteiger charge is -2.22. The van der Waals surface area contributed by atoms with Crippen LogP contribution >= 0.6 is 0 Å². The molecule has 8 aromatic rings. The molecule has 0 fully saturated rings. The molecule has 1 atom stereocenters. The fraction of sp³-hybridized carbons (Fsp3) is 0.0227. The molecule has 1 N–H and O–H groups in total. The smallest absolute Gasteiger partial charge is 0.0716 e. The minimum absolute atomic E-state index is 0.0880. The lowest BCUT2D eigenvalue weighted by atomic mass is 9.97. The molecule has 0 spiro atoms. The highest BCUT2D eigenvalue weighted by Gasteiger charge is 2.18. The van der Waals surface area contributed by atoms with Crippen LogP contribution in [-0.4, -0.2) is 9.55 Å². The van der Waals surface area contributed by atoms with Crippen LogP contribution in [0.2, 0.25) is 0 Å². The van der Waals surface area contributed by atoms with Gasteiger partial charge in [0.1, 0.15) is 0 Å². The second-order valence-electron chi connectivity index (χ2n) is 12.1. The van der Waals surface area contributed by atoms with Gasteiger partial charge >= 0.3 is 0 Å². The average molecular weight is 602 g/mol. The molecule has 0 aliphatic carbocycles. The summed E-state index contributed by atoms with van der Waals surface area (Å²) in [6.07, 6.45) is 10.2. The molecule has 3 heteroatoms. The minimum Gasteiger partial charge on any atom is -0.374 e. The van der Waals surface area contributed by atoms with Crippen LogP contribution < -0.4 is 5.32 Å². The number of fused-ring (bicyclic) bond motifs is 5. The predicted octanol–water partition coefficient (Wildman–Crippen LogP) is 10.9. The van der Waals surface area contributed by atoms with E-state index in [2.05, 4.69) is 173 Å². The minimum atomic E-state index is 0.0880. The van der Waals surface area contributed by atoms with Gasteiger partial charge in [0.2, 0.25) is 0 Å². The third-order valence-electron chi connectivity index (χ3n) is 9.29. The van der Waals surface area contributed by atoms with Gasteiger partial charge in [0.25, 0.3) is 0 Å². The monoisotopic (exact) mass is 601 g/mol. The van der Waals surface area contributed by atoms with Gasteiger partial charge in [-0.3, -0.25) is 4.98 Å². The highest BCUT2D eigenvalue weighted by molar-refractivity contribution is 6.19. The number of nitrogens with one attached hydrogen (secondary N) is 1. The van der Waals surface area contributed by atoms with Gasteiger partial charge in [0.05, 0.1) is 17.1 Å². The summed E-state index contributed by atoms with van der Waals surface area (Å²) < 4.78 is 2.44. The number of aromatic nitrogens is 2. The van der Waals surface area contributed by atoms with Crippen LogP contribution in [0.5, 0.6) is 0 Å². The Labute approximate surface area is 273 Å². The van der Waals surface area contributed by atoms with Gasteiger partial charge in [-0.15, -0.1) is 0 Å². The van der Waals surface area contributed by atoms with E-state index in [4.69, 9.17) is 0 Å². The molecular formula is C44H31N3. The van der Waals surface area contributed by atoms with Gasteiger partial charge in [-0.05, 0) is 81.2 Å². The Bertz CT molecular complexity index is 2470. The number of allylic oxidation sites excluding steroid dienone is 2. The van der Waals surface area contributed by atoms with Crippen molar-refractivity contribution in [3.05, 3.63) is 187 Å². The van der Waals surface area contributed by atoms with Crippen molar-refractivity contribution in [2.24, 2.45) is 0 Å². The lowest BCUT2D eigenvalue weighted by Crippen LogP contribution is -2.20. The molecule has 0 saturated carbocycles. The molecular weight excluding hydrogens is 571 g/mol. The molecule has 6 aromatic carbocycles. The van der Waals surface area contributed by atoms with Crippen molar-refractivity contribution < 1.29 is 0 Å². The first kappa shape index (κ1) is 27.1. The maximum absolute atomic E-state index is 4.32. The summed E-state index contributed by atoms with van der Waals surface area (Å²) in [5, 5.41) is 8.65. The summed E-state index contributed by atoms with van der Waals surface area (Å²) in [7, 11) is 0. The van der Waals surface area contributed by atoms with E-state index in [1.807, 2.05) is 18.5 Å². The number of pyridine rings is 1. The number of nitrogens with zero attached hydrogens (tertiary/aromatic N) is 2. The molecule has 3 heterocycles. The first-order valence-electron chi connectivity index (χ1n) is 16.1. The Morgan fingerprint density at radius 2 is 1.28 bits per heavy atom. The standard InChI is InChI=1S/C44H31N3/c1-3-10-30(11-4-1)31-12-7-13-32(26-31)33-19-23-39-40-24-20-34-27-35(41-17-8-18-42(46-41)36-14-9-25-45-29-36)21-22-38(34)44(40)47(43(39)28-33)37-15-5-2-6-16-37/h1-29,42,46H. The average Bonchev–Trinajstić information content (AvgIpc) is 3.50. The summed E-state index contributed by atoms with van der Waals surface area (Å²) >= 11 is 0. The Morgan fingerprint density at radius 3 is 2.11 bits per heavy atom. The molecule has 222 valence electrons. The SMILES string of the molecule is C1=CC(c2cccnc2)NC(c2ccc3c(ccc4c5ccc(-c6cccc(-c7ccccc7)c6)cc5n(-c5ccccc5)c34)c2)=C1. The molecule has 1 aliphatic rings. The van der Waals surface area contributed by atoms with E-state index < -0.39 is 0 Å². The van der Waals surface area contributed by atoms with E-state index in [9.17, 15) is 0 Å². The Hall–Kier alpha value is -6.19. The summed E-state index contributed by atoms with van der Waals surface area (Å²) in [4.78, 5) is 4.32. The third-order valence-corrected chi connectivity index (χ3v) is 9.29. The summed E-state index contributed by atoms with van der Waals surface area (Å²) in [5.74, 6) is 0. The van der Waals surface area contributed by atoms with Crippen molar-refractivity contribution in [3.8, 4) is 27.9 Å². The first-order chi connectivity index (χ1) is 23.3. The van der Waals surface area contributed by atoms with Gasteiger partial charge in [-0.1, -0.05) is 121 Å². The Morgan fingerprint density at radius 1 is 0.553 bits per heavy atom. The number of rotatable bonds is 5. The molecule has 0 amide bonds. The van der Waals surface area contributed by atoms with Crippen LogP contribution in [0.15, 0.2) is 176 Å². The normalized spacial score (nSPS) is 14.4. The van der Waals surface area contributed by atoms with Crippen LogP contribution in [-0.2, 0) is 0 Å². The van der Waals surface area contributed by atoms with E-state index in [1.54, 1.807) is 0 Å². The summed E-state index contributed by atoms with van der Waals surface area (Å²) in [6.45, 7) is 0. The number of para-hydroxylation sites is 1. The van der Waals surface area contributed by atoms with E-state index in [-0.39, 0.29) is 6.04 Å². The number of hydrogen-bond donors (Lipinski definition) is 1. The number of hydrogen-bond acceptors (Lipinski definition) is 2. The highest BCUT2D eigenvalue weighted by Crippen LogP contribution is 2.39. The molecule has 0 bridgehead atoms. The molecule has 47 heavy (non-hydrogen) atoms. The van der Waals surface area contributed by atoms with Crippen LogP contribution in [0.1, 0.15) is 17.2 Å². The molecule has 0 saturated heterocycles. The second kappa shape index (κ2) is 11.3. The fourth-order valence-corrected chi connectivity index (χ4v) is 7.00. The van der Waals surface area contributed by atoms with Crippen LogP contribution in [0.3, 0.4) is 0 Å². The van der Waals surface area contributed by atoms with Gasteiger partial charge < -0.3 is 9.88 Å². The summed E-state index contributed by atoms with van der Waals surface area (Å²) in [5.41, 5.74) is 11.9. The van der Waals surface area contributed by atoms with Gasteiger partial charge in [0, 0.05) is 39.9 Å². The zero-order valence-electron chi connectivity index (χ0n) is 25.7. The quantitative estimate of drug-likeness (QED) is 0.213. The van der Waals surface area contributed by atoms with Crippen LogP contribution in [0, 0.1) is 0 Å². The Balaban J connectivity index is 1.19. The van der Waals surface area contributed by atoms with Crippen molar-refractivity contribution in [2.45, 2.75) is 6.04 Å². The third kappa shape index (κ3) is 4.81.